The van der Waals surface area contributed by atoms with E-state index in [1.54, 1.807) is 11.7 Å². The van der Waals surface area contributed by atoms with Gasteiger partial charge in [0.05, 0.1) is 16.7 Å². The monoisotopic (exact) mass is 239 g/mol. The van der Waals surface area contributed by atoms with Crippen molar-refractivity contribution in [2.75, 3.05) is 0 Å². The number of hydrogen-bond acceptors (Lipinski definition) is 2. The molecule has 1 aromatic heterocycles. The molecule has 2 rings (SSSR count). The molecule has 2 N–H and O–H groups in total. The maximum absolute atomic E-state index is 12.7. The predicted molar refractivity (Wildman–Crippen MR) is 63.0 cm³/mol. The summed E-state index contributed by atoms with van der Waals surface area (Å²) < 4.78 is 27.2. The van der Waals surface area contributed by atoms with Crippen molar-refractivity contribution in [3.8, 4) is 0 Å². The molecule has 0 aliphatic rings. The minimum Gasteiger partial charge on any atom is -0.320 e. The summed E-state index contributed by atoms with van der Waals surface area (Å²) in [6.07, 6.45) is -2.50. The molecular weight excluding hydrogens is 224 g/mol. The van der Waals surface area contributed by atoms with Crippen molar-refractivity contribution in [1.29, 1.82) is 0 Å². The molecule has 2 aromatic rings. The quantitative estimate of drug-likeness (QED) is 0.891. The van der Waals surface area contributed by atoms with E-state index in [2.05, 4.69) is 5.10 Å². The predicted octanol–water partition coefficient (Wildman–Crippen LogP) is 2.10. The average molecular weight is 239 g/mol. The van der Waals surface area contributed by atoms with Gasteiger partial charge in [0.15, 0.2) is 0 Å². The van der Waals surface area contributed by atoms with E-state index in [9.17, 15) is 8.78 Å². The molecule has 17 heavy (non-hydrogen) atoms. The second-order valence-corrected chi connectivity index (χ2v) is 4.57. The highest BCUT2D eigenvalue weighted by Gasteiger charge is 2.32. The molecule has 0 aliphatic carbocycles. The van der Waals surface area contributed by atoms with Gasteiger partial charge in [-0.15, -0.1) is 0 Å². The number of rotatable bonds is 3. The van der Waals surface area contributed by atoms with Crippen LogP contribution in [0.2, 0.25) is 0 Å². The van der Waals surface area contributed by atoms with Gasteiger partial charge >= 0.3 is 0 Å². The Kier molecular flexibility index (Phi) is 2.87. The van der Waals surface area contributed by atoms with Crippen LogP contribution in [0, 0.1) is 0 Å². The zero-order valence-electron chi connectivity index (χ0n) is 9.82. The number of alkyl halides is 2. The Bertz CT molecular complexity index is 532. The van der Waals surface area contributed by atoms with Crippen LogP contribution in [0.5, 0.6) is 0 Å². The molecule has 1 unspecified atom stereocenters. The van der Waals surface area contributed by atoms with Crippen LogP contribution in [0.1, 0.15) is 12.6 Å². The van der Waals surface area contributed by atoms with E-state index in [-0.39, 0.29) is 6.42 Å². The smallest absolute Gasteiger partial charge is 0.256 e. The first kappa shape index (κ1) is 12.0. The van der Waals surface area contributed by atoms with Crippen molar-refractivity contribution in [1.82, 2.24) is 9.78 Å². The molecule has 92 valence electrons. The standard InChI is InChI=1S/C12H15F2N3/c1-12(15,11(13)14)7-9-8-5-3-4-6-10(8)17(2)16-9/h3-6,11H,7,15H2,1-2H3. The lowest BCUT2D eigenvalue weighted by molar-refractivity contribution is 0.0635. The normalized spacial score (nSPS) is 15.4. The first-order valence-electron chi connectivity index (χ1n) is 5.39. The Balaban J connectivity index is 2.43. The fourth-order valence-corrected chi connectivity index (χ4v) is 1.86. The van der Waals surface area contributed by atoms with Crippen LogP contribution in [0.4, 0.5) is 8.78 Å². The zero-order chi connectivity index (χ0) is 12.6. The molecule has 3 nitrogen and oxygen atoms in total. The molecule has 0 bridgehead atoms. The van der Waals surface area contributed by atoms with Gasteiger partial charge < -0.3 is 5.73 Å². The summed E-state index contributed by atoms with van der Waals surface area (Å²) in [6, 6.07) is 7.54. The van der Waals surface area contributed by atoms with Crippen molar-refractivity contribution in [3.63, 3.8) is 0 Å². The van der Waals surface area contributed by atoms with Crippen LogP contribution in [0.15, 0.2) is 24.3 Å². The molecule has 0 saturated carbocycles. The maximum Gasteiger partial charge on any atom is 0.256 e. The van der Waals surface area contributed by atoms with E-state index in [1.165, 1.54) is 6.92 Å². The number of benzene rings is 1. The van der Waals surface area contributed by atoms with Gasteiger partial charge in [-0.3, -0.25) is 4.68 Å². The molecule has 0 radical (unpaired) electrons. The molecule has 0 amide bonds. The Labute approximate surface area is 98.2 Å². The van der Waals surface area contributed by atoms with Gasteiger partial charge in [-0.1, -0.05) is 18.2 Å². The fourth-order valence-electron chi connectivity index (χ4n) is 1.86. The van der Waals surface area contributed by atoms with Gasteiger partial charge in [0, 0.05) is 18.9 Å². The number of aryl methyl sites for hydroxylation is 1. The van der Waals surface area contributed by atoms with Gasteiger partial charge in [0.25, 0.3) is 6.43 Å². The van der Waals surface area contributed by atoms with Gasteiger partial charge in [0.2, 0.25) is 0 Å². The van der Waals surface area contributed by atoms with Crippen molar-refractivity contribution in [2.24, 2.45) is 12.8 Å². The van der Waals surface area contributed by atoms with Gasteiger partial charge in [-0.25, -0.2) is 8.78 Å². The van der Waals surface area contributed by atoms with E-state index in [0.717, 1.165) is 10.9 Å². The number of fused-ring (bicyclic) bond motifs is 1. The minimum atomic E-state index is -2.57. The van der Waals surface area contributed by atoms with Gasteiger partial charge in [-0.2, -0.15) is 5.10 Å². The zero-order valence-corrected chi connectivity index (χ0v) is 9.82. The number of aromatic nitrogens is 2. The molecule has 0 aliphatic heterocycles. The summed E-state index contributed by atoms with van der Waals surface area (Å²) in [4.78, 5) is 0. The average Bonchev–Trinajstić information content (AvgIpc) is 2.56. The first-order valence-corrected chi connectivity index (χ1v) is 5.39. The fraction of sp³-hybridized carbons (Fsp3) is 0.417. The number of para-hydroxylation sites is 1. The molecule has 1 heterocycles. The highest BCUT2D eigenvalue weighted by molar-refractivity contribution is 5.81. The largest absolute Gasteiger partial charge is 0.320 e. The summed E-state index contributed by atoms with van der Waals surface area (Å²) in [5.41, 5.74) is 5.59. The lowest BCUT2D eigenvalue weighted by Gasteiger charge is -2.22. The summed E-state index contributed by atoms with van der Waals surface area (Å²) in [5, 5.41) is 5.14. The summed E-state index contributed by atoms with van der Waals surface area (Å²) in [7, 11) is 1.79. The summed E-state index contributed by atoms with van der Waals surface area (Å²) in [5.74, 6) is 0. The lowest BCUT2D eigenvalue weighted by atomic mass is 9.96. The number of halogens is 2. The molecule has 1 aromatic carbocycles. The van der Waals surface area contributed by atoms with Gasteiger partial charge in [0.1, 0.15) is 0 Å². The maximum atomic E-state index is 12.7. The van der Waals surface area contributed by atoms with Crippen molar-refractivity contribution in [2.45, 2.75) is 25.3 Å². The third-order valence-electron chi connectivity index (χ3n) is 2.88. The Morgan fingerprint density at radius 3 is 2.71 bits per heavy atom. The van der Waals surface area contributed by atoms with Gasteiger partial charge in [-0.05, 0) is 13.0 Å². The Morgan fingerprint density at radius 2 is 2.06 bits per heavy atom. The van der Waals surface area contributed by atoms with E-state index < -0.39 is 12.0 Å². The van der Waals surface area contributed by atoms with Crippen LogP contribution < -0.4 is 5.73 Å². The molecule has 5 heteroatoms. The van der Waals surface area contributed by atoms with Crippen molar-refractivity contribution >= 4 is 10.9 Å². The molecular formula is C12H15F2N3. The number of hydrogen-bond donors (Lipinski definition) is 1. The Hall–Kier alpha value is -1.49. The van der Waals surface area contributed by atoms with E-state index in [4.69, 9.17) is 5.73 Å². The number of nitrogens with two attached hydrogens (primary N) is 1. The summed E-state index contributed by atoms with van der Waals surface area (Å²) >= 11 is 0. The highest BCUT2D eigenvalue weighted by atomic mass is 19.3. The highest BCUT2D eigenvalue weighted by Crippen LogP contribution is 2.23. The molecule has 1 atom stereocenters. The second kappa shape index (κ2) is 4.07. The lowest BCUT2D eigenvalue weighted by Crippen LogP contribution is -2.46. The third kappa shape index (κ3) is 2.15. The number of nitrogens with zero attached hydrogens (tertiary/aromatic N) is 2. The van der Waals surface area contributed by atoms with Crippen LogP contribution in [0.3, 0.4) is 0 Å². The first-order chi connectivity index (χ1) is 7.92. The third-order valence-corrected chi connectivity index (χ3v) is 2.88. The van der Waals surface area contributed by atoms with Crippen LogP contribution in [-0.2, 0) is 13.5 Å². The Morgan fingerprint density at radius 1 is 1.41 bits per heavy atom. The van der Waals surface area contributed by atoms with Crippen LogP contribution >= 0.6 is 0 Å². The second-order valence-electron chi connectivity index (χ2n) is 4.57. The van der Waals surface area contributed by atoms with Crippen molar-refractivity contribution in [3.05, 3.63) is 30.0 Å². The SMILES string of the molecule is Cn1nc(CC(C)(N)C(F)F)c2ccccc21. The van der Waals surface area contributed by atoms with E-state index >= 15 is 0 Å². The topological polar surface area (TPSA) is 43.8 Å². The minimum absolute atomic E-state index is 0.0615. The van der Waals surface area contributed by atoms with Crippen LogP contribution in [-0.4, -0.2) is 21.7 Å². The van der Waals surface area contributed by atoms with E-state index in [0.29, 0.717) is 5.69 Å². The van der Waals surface area contributed by atoms with Crippen molar-refractivity contribution < 1.29 is 8.78 Å². The van der Waals surface area contributed by atoms with E-state index in [1.807, 2.05) is 24.3 Å². The van der Waals surface area contributed by atoms with Crippen LogP contribution in [0.25, 0.3) is 10.9 Å². The molecule has 0 spiro atoms. The summed E-state index contributed by atoms with van der Waals surface area (Å²) in [6.45, 7) is 1.35. The molecule has 0 saturated heterocycles. The molecule has 0 fully saturated rings.